The van der Waals surface area contributed by atoms with E-state index in [0.29, 0.717) is 5.69 Å². The van der Waals surface area contributed by atoms with Crippen molar-refractivity contribution >= 4 is 11.6 Å². The molecule has 0 aliphatic carbocycles. The molecule has 0 atom stereocenters. The third-order valence-electron chi connectivity index (χ3n) is 3.91. The fourth-order valence-corrected chi connectivity index (χ4v) is 2.53. The molecule has 0 spiro atoms. The van der Waals surface area contributed by atoms with E-state index in [1.165, 1.54) is 31.2 Å². The molecule has 0 radical (unpaired) electrons. The molecule has 2 N–H and O–H groups in total. The Morgan fingerprint density at radius 3 is 2.48 bits per heavy atom. The lowest BCUT2D eigenvalue weighted by Gasteiger charge is -2.13. The van der Waals surface area contributed by atoms with Gasteiger partial charge in [-0.2, -0.15) is 18.3 Å². The molecule has 0 saturated heterocycles. The Kier molecular flexibility index (Phi) is 5.35. The highest BCUT2D eigenvalue weighted by atomic mass is 19.4. The van der Waals surface area contributed by atoms with Crippen LogP contribution in [0.4, 0.5) is 23.2 Å². The molecule has 2 aromatic carbocycles. The minimum atomic E-state index is -4.55. The van der Waals surface area contributed by atoms with Crippen LogP contribution in [0.2, 0.25) is 0 Å². The lowest BCUT2D eigenvalue weighted by Crippen LogP contribution is -2.35. The van der Waals surface area contributed by atoms with Crippen molar-refractivity contribution in [2.24, 2.45) is 0 Å². The van der Waals surface area contributed by atoms with Gasteiger partial charge in [-0.15, -0.1) is 0 Å². The van der Waals surface area contributed by atoms with Gasteiger partial charge in [0.15, 0.2) is 5.69 Å². The number of alkyl halides is 3. The summed E-state index contributed by atoms with van der Waals surface area (Å²) in [5.41, 5.74) is 2.52. The molecule has 6 nitrogen and oxygen atoms in total. The predicted molar refractivity (Wildman–Crippen MR) is 97.1 cm³/mol. The van der Waals surface area contributed by atoms with Crippen LogP contribution in [0.25, 0.3) is 5.69 Å². The first-order valence-electron chi connectivity index (χ1n) is 8.26. The first-order chi connectivity index (χ1) is 13.7. The van der Waals surface area contributed by atoms with Crippen LogP contribution in [0.1, 0.15) is 21.7 Å². The summed E-state index contributed by atoms with van der Waals surface area (Å²) in [6.07, 6.45) is -4.55. The van der Waals surface area contributed by atoms with Crippen molar-refractivity contribution in [1.82, 2.24) is 15.2 Å². The highest BCUT2D eigenvalue weighted by molar-refractivity contribution is 5.92. The standard InChI is InChI=1S/C19H14F4N4O2/c1-11-9-16(28)17(26-27(11)15-8-3-2-7-14(15)20)18(29)25-24-13-6-4-5-12(10-13)19(21,22)23/h2-10,24H,1H3,(H,25,29). The van der Waals surface area contributed by atoms with Crippen molar-refractivity contribution in [2.75, 3.05) is 5.43 Å². The molecule has 0 aliphatic rings. The van der Waals surface area contributed by atoms with E-state index in [2.05, 4.69) is 16.0 Å². The van der Waals surface area contributed by atoms with E-state index < -0.39 is 34.6 Å². The first kappa shape index (κ1) is 20.1. The number of aromatic nitrogens is 2. The maximum absolute atomic E-state index is 14.0. The average Bonchev–Trinajstić information content (AvgIpc) is 2.67. The van der Waals surface area contributed by atoms with E-state index in [-0.39, 0.29) is 11.4 Å². The van der Waals surface area contributed by atoms with Crippen LogP contribution < -0.4 is 16.3 Å². The molecule has 150 valence electrons. The third kappa shape index (κ3) is 4.42. The number of hydrogen-bond acceptors (Lipinski definition) is 4. The molecule has 3 rings (SSSR count). The molecule has 0 aliphatic heterocycles. The molecule has 1 aromatic heterocycles. The lowest BCUT2D eigenvalue weighted by atomic mass is 10.2. The Morgan fingerprint density at radius 1 is 1.07 bits per heavy atom. The third-order valence-corrected chi connectivity index (χ3v) is 3.91. The molecule has 0 bridgehead atoms. The summed E-state index contributed by atoms with van der Waals surface area (Å²) in [5.74, 6) is -1.60. The smallest absolute Gasteiger partial charge is 0.298 e. The Labute approximate surface area is 161 Å². The Hall–Kier alpha value is -3.69. The number of nitrogens with zero attached hydrogens (tertiary/aromatic N) is 2. The van der Waals surface area contributed by atoms with E-state index >= 15 is 0 Å². The Balaban J connectivity index is 1.86. The number of hydrazine groups is 1. The van der Waals surface area contributed by atoms with E-state index in [1.54, 1.807) is 6.07 Å². The van der Waals surface area contributed by atoms with Gasteiger partial charge in [0.25, 0.3) is 5.91 Å². The van der Waals surface area contributed by atoms with Crippen molar-refractivity contribution < 1.29 is 22.4 Å². The lowest BCUT2D eigenvalue weighted by molar-refractivity contribution is -0.137. The quantitative estimate of drug-likeness (QED) is 0.514. The van der Waals surface area contributed by atoms with E-state index in [1.807, 2.05) is 0 Å². The molecule has 0 saturated carbocycles. The summed E-state index contributed by atoms with van der Waals surface area (Å²) in [4.78, 5) is 24.5. The molecule has 1 heterocycles. The van der Waals surface area contributed by atoms with Gasteiger partial charge in [-0.3, -0.25) is 20.4 Å². The van der Waals surface area contributed by atoms with Crippen molar-refractivity contribution in [3.63, 3.8) is 0 Å². The van der Waals surface area contributed by atoms with Crippen molar-refractivity contribution in [3.05, 3.63) is 87.6 Å². The molecular formula is C19H14F4N4O2. The zero-order valence-electron chi connectivity index (χ0n) is 14.9. The zero-order valence-corrected chi connectivity index (χ0v) is 14.9. The van der Waals surface area contributed by atoms with Crippen LogP contribution in [0, 0.1) is 12.7 Å². The van der Waals surface area contributed by atoms with Crippen molar-refractivity contribution in [2.45, 2.75) is 13.1 Å². The maximum atomic E-state index is 14.0. The summed E-state index contributed by atoms with van der Waals surface area (Å²) < 4.78 is 53.4. The van der Waals surface area contributed by atoms with Crippen molar-refractivity contribution in [3.8, 4) is 5.69 Å². The number of nitrogens with one attached hydrogen (secondary N) is 2. The number of hydrogen-bond donors (Lipinski definition) is 2. The summed E-state index contributed by atoms with van der Waals surface area (Å²) in [6, 6.07) is 10.9. The molecular weight excluding hydrogens is 392 g/mol. The van der Waals surface area contributed by atoms with Crippen molar-refractivity contribution in [1.29, 1.82) is 0 Å². The van der Waals surface area contributed by atoms with Gasteiger partial charge >= 0.3 is 6.18 Å². The fraction of sp³-hybridized carbons (Fsp3) is 0.105. The molecule has 29 heavy (non-hydrogen) atoms. The SMILES string of the molecule is Cc1cc(=O)c(C(=O)NNc2cccc(C(F)(F)F)c2)nn1-c1ccccc1F. The van der Waals surface area contributed by atoms with Gasteiger partial charge < -0.3 is 0 Å². The number of benzene rings is 2. The first-order valence-corrected chi connectivity index (χ1v) is 8.26. The van der Waals surface area contributed by atoms with Crippen LogP contribution in [-0.2, 0) is 6.18 Å². The molecule has 0 unspecified atom stereocenters. The van der Waals surface area contributed by atoms with Gasteiger partial charge in [0.2, 0.25) is 5.43 Å². The van der Waals surface area contributed by atoms with Gasteiger partial charge in [-0.1, -0.05) is 18.2 Å². The number of anilines is 1. The normalized spacial score (nSPS) is 11.2. The number of halogens is 4. The second-order valence-electron chi connectivity index (χ2n) is 6.02. The van der Waals surface area contributed by atoms with Crippen LogP contribution in [0.5, 0.6) is 0 Å². The van der Waals surface area contributed by atoms with Gasteiger partial charge in [-0.25, -0.2) is 9.07 Å². The minimum Gasteiger partial charge on any atom is -0.298 e. The monoisotopic (exact) mass is 406 g/mol. The van der Waals surface area contributed by atoms with Gasteiger partial charge in [0, 0.05) is 11.8 Å². The number of amides is 1. The van der Waals surface area contributed by atoms with E-state index in [9.17, 15) is 27.2 Å². The van der Waals surface area contributed by atoms with Crippen LogP contribution in [0.3, 0.4) is 0 Å². The number of carbonyl (C=O) groups excluding carboxylic acids is 1. The predicted octanol–water partition coefficient (Wildman–Crippen LogP) is 3.46. The molecule has 10 heteroatoms. The minimum absolute atomic E-state index is 0.0323. The van der Waals surface area contributed by atoms with Gasteiger partial charge in [0.05, 0.1) is 11.3 Å². The second-order valence-corrected chi connectivity index (χ2v) is 6.02. The molecule has 1 amide bonds. The summed E-state index contributed by atoms with van der Waals surface area (Å²) in [6.45, 7) is 1.52. The summed E-state index contributed by atoms with van der Waals surface area (Å²) >= 11 is 0. The second kappa shape index (κ2) is 7.74. The fourth-order valence-electron chi connectivity index (χ4n) is 2.53. The number of aryl methyl sites for hydroxylation is 1. The summed E-state index contributed by atoms with van der Waals surface area (Å²) in [5, 5.41) is 3.90. The van der Waals surface area contributed by atoms with E-state index in [4.69, 9.17) is 0 Å². The Morgan fingerprint density at radius 2 is 1.79 bits per heavy atom. The average molecular weight is 406 g/mol. The summed E-state index contributed by atoms with van der Waals surface area (Å²) in [7, 11) is 0. The van der Waals surface area contributed by atoms with Crippen LogP contribution >= 0.6 is 0 Å². The maximum Gasteiger partial charge on any atom is 0.416 e. The Bertz CT molecular complexity index is 1130. The molecule has 3 aromatic rings. The van der Waals surface area contributed by atoms with Crippen LogP contribution in [0.15, 0.2) is 59.4 Å². The topological polar surface area (TPSA) is 76.0 Å². The largest absolute Gasteiger partial charge is 0.416 e. The van der Waals surface area contributed by atoms with Gasteiger partial charge in [-0.05, 0) is 37.3 Å². The highest BCUT2D eigenvalue weighted by Crippen LogP contribution is 2.30. The van der Waals surface area contributed by atoms with Crippen LogP contribution in [-0.4, -0.2) is 15.7 Å². The molecule has 0 fully saturated rings. The number of carbonyl (C=O) groups is 1. The zero-order chi connectivity index (χ0) is 21.2. The number of para-hydroxylation sites is 1. The number of rotatable bonds is 4. The van der Waals surface area contributed by atoms with Gasteiger partial charge in [0.1, 0.15) is 11.5 Å². The van der Waals surface area contributed by atoms with E-state index in [0.717, 1.165) is 28.9 Å². The highest BCUT2D eigenvalue weighted by Gasteiger charge is 2.30.